The quantitative estimate of drug-likeness (QED) is 0.477. The molecule has 0 aliphatic heterocycles. The van der Waals surface area contributed by atoms with Crippen LogP contribution in [0.5, 0.6) is 0 Å². The molecule has 44 valence electrons. The molecular weight excluding hydrogens is 102 g/mol. The van der Waals surface area contributed by atoms with Gasteiger partial charge in [0, 0.05) is 13.1 Å². The van der Waals surface area contributed by atoms with Crippen molar-refractivity contribution in [2.24, 2.45) is 0 Å². The van der Waals surface area contributed by atoms with E-state index in [0.717, 1.165) is 12.8 Å². The SMILES string of the molecule is [CH]C(=O)N(C)C1CC1. The molecule has 0 aromatic rings. The van der Waals surface area contributed by atoms with Crippen LogP contribution in [0.4, 0.5) is 0 Å². The van der Waals surface area contributed by atoms with Crippen molar-refractivity contribution in [1.82, 2.24) is 4.90 Å². The van der Waals surface area contributed by atoms with Crippen molar-refractivity contribution in [2.45, 2.75) is 18.9 Å². The second kappa shape index (κ2) is 1.77. The van der Waals surface area contributed by atoms with Gasteiger partial charge in [0.15, 0.2) is 0 Å². The third kappa shape index (κ3) is 0.997. The lowest BCUT2D eigenvalue weighted by molar-refractivity contribution is -0.125. The van der Waals surface area contributed by atoms with Crippen LogP contribution in [0.1, 0.15) is 12.8 Å². The zero-order chi connectivity index (χ0) is 6.15. The number of rotatable bonds is 1. The average Bonchev–Trinajstić information content (AvgIpc) is 2.43. The van der Waals surface area contributed by atoms with Crippen molar-refractivity contribution in [2.75, 3.05) is 7.05 Å². The standard InChI is InChI=1S/C6H9NO/c1-5(8)7(2)6-3-4-6/h1,6H,3-4H2,2H3. The first-order valence-corrected chi connectivity index (χ1v) is 2.74. The zero-order valence-corrected chi connectivity index (χ0v) is 4.92. The smallest absolute Gasteiger partial charge is 0.227 e. The molecule has 2 heteroatoms. The first-order chi connectivity index (χ1) is 3.72. The fourth-order valence-electron chi connectivity index (χ4n) is 0.642. The molecule has 0 spiro atoms. The molecule has 0 unspecified atom stereocenters. The molecule has 0 bridgehead atoms. The van der Waals surface area contributed by atoms with Crippen molar-refractivity contribution < 1.29 is 4.79 Å². The summed E-state index contributed by atoms with van der Waals surface area (Å²) in [6.45, 7) is 4.96. The Morgan fingerprint density at radius 2 is 2.25 bits per heavy atom. The topological polar surface area (TPSA) is 20.3 Å². The highest BCUT2D eigenvalue weighted by Gasteiger charge is 2.27. The van der Waals surface area contributed by atoms with Crippen LogP contribution in [0.3, 0.4) is 0 Å². The Morgan fingerprint density at radius 3 is 2.38 bits per heavy atom. The fourth-order valence-corrected chi connectivity index (χ4v) is 0.642. The molecule has 0 aromatic heterocycles. The van der Waals surface area contributed by atoms with Gasteiger partial charge in [0.25, 0.3) is 0 Å². The Kier molecular flexibility index (Phi) is 1.24. The van der Waals surface area contributed by atoms with E-state index in [-0.39, 0.29) is 5.91 Å². The van der Waals surface area contributed by atoms with Gasteiger partial charge in [0.2, 0.25) is 5.91 Å². The van der Waals surface area contributed by atoms with Crippen LogP contribution in [-0.2, 0) is 4.79 Å². The number of carbonyl (C=O) groups is 1. The maximum Gasteiger partial charge on any atom is 0.227 e. The van der Waals surface area contributed by atoms with Crippen LogP contribution in [0, 0.1) is 6.92 Å². The molecule has 1 amide bonds. The van der Waals surface area contributed by atoms with Gasteiger partial charge in [-0.1, -0.05) is 0 Å². The maximum absolute atomic E-state index is 10.3. The molecule has 1 fully saturated rings. The third-order valence-corrected chi connectivity index (χ3v) is 1.44. The highest BCUT2D eigenvalue weighted by Crippen LogP contribution is 2.24. The van der Waals surface area contributed by atoms with E-state index in [1.165, 1.54) is 0 Å². The Morgan fingerprint density at radius 1 is 1.75 bits per heavy atom. The first kappa shape index (κ1) is 5.60. The number of amides is 1. The van der Waals surface area contributed by atoms with Gasteiger partial charge in [-0.05, 0) is 12.8 Å². The van der Waals surface area contributed by atoms with Crippen molar-refractivity contribution >= 4 is 5.91 Å². The summed E-state index contributed by atoms with van der Waals surface area (Å²) < 4.78 is 0. The summed E-state index contributed by atoms with van der Waals surface area (Å²) in [6.07, 6.45) is 2.25. The largest absolute Gasteiger partial charge is 0.342 e. The molecule has 1 rings (SSSR count). The van der Waals surface area contributed by atoms with E-state index in [1.54, 1.807) is 11.9 Å². The number of hydrogen-bond donors (Lipinski definition) is 0. The molecule has 8 heavy (non-hydrogen) atoms. The predicted octanol–water partition coefficient (Wildman–Crippen LogP) is 0.318. The first-order valence-electron chi connectivity index (χ1n) is 2.74. The molecule has 0 N–H and O–H groups in total. The second-order valence-corrected chi connectivity index (χ2v) is 2.18. The van der Waals surface area contributed by atoms with Crippen molar-refractivity contribution in [3.05, 3.63) is 6.92 Å². The molecule has 0 heterocycles. The van der Waals surface area contributed by atoms with E-state index < -0.39 is 0 Å². The maximum atomic E-state index is 10.3. The summed E-state index contributed by atoms with van der Waals surface area (Å²) in [7, 11) is 1.74. The lowest BCUT2D eigenvalue weighted by atomic mass is 10.5. The van der Waals surface area contributed by atoms with Gasteiger partial charge < -0.3 is 4.90 Å². The molecule has 0 saturated heterocycles. The monoisotopic (exact) mass is 111 g/mol. The van der Waals surface area contributed by atoms with Crippen LogP contribution in [-0.4, -0.2) is 23.9 Å². The summed E-state index contributed by atoms with van der Waals surface area (Å²) in [5.74, 6) is -0.312. The molecule has 1 aliphatic carbocycles. The summed E-state index contributed by atoms with van der Waals surface area (Å²) in [5, 5.41) is 0. The lowest BCUT2D eigenvalue weighted by Gasteiger charge is -2.11. The summed E-state index contributed by atoms with van der Waals surface area (Å²) in [6, 6.07) is 0.451. The van der Waals surface area contributed by atoms with Gasteiger partial charge in [-0.3, -0.25) is 4.79 Å². The van der Waals surface area contributed by atoms with E-state index in [2.05, 4.69) is 0 Å². The predicted molar refractivity (Wildman–Crippen MR) is 30.1 cm³/mol. The van der Waals surface area contributed by atoms with Crippen molar-refractivity contribution in [3.8, 4) is 0 Å². The van der Waals surface area contributed by atoms with E-state index >= 15 is 0 Å². The second-order valence-electron chi connectivity index (χ2n) is 2.18. The van der Waals surface area contributed by atoms with Crippen molar-refractivity contribution in [3.63, 3.8) is 0 Å². The molecule has 1 saturated carbocycles. The minimum absolute atomic E-state index is 0.312. The average molecular weight is 111 g/mol. The zero-order valence-electron chi connectivity index (χ0n) is 4.92. The van der Waals surface area contributed by atoms with Crippen molar-refractivity contribution in [1.29, 1.82) is 0 Å². The van der Waals surface area contributed by atoms with E-state index in [1.807, 2.05) is 0 Å². The highest BCUT2D eigenvalue weighted by atomic mass is 16.2. The van der Waals surface area contributed by atoms with E-state index in [0.29, 0.717) is 6.04 Å². The number of carbonyl (C=O) groups excluding carboxylic acids is 1. The van der Waals surface area contributed by atoms with Crippen LogP contribution in [0.15, 0.2) is 0 Å². The molecule has 0 atom stereocenters. The van der Waals surface area contributed by atoms with Crippen LogP contribution >= 0.6 is 0 Å². The van der Waals surface area contributed by atoms with E-state index in [9.17, 15) is 4.79 Å². The fraction of sp³-hybridized carbons (Fsp3) is 0.667. The minimum Gasteiger partial charge on any atom is -0.342 e. The highest BCUT2D eigenvalue weighted by molar-refractivity contribution is 5.80. The normalized spacial score (nSPS) is 18.2. The van der Waals surface area contributed by atoms with Gasteiger partial charge in [-0.2, -0.15) is 0 Å². The third-order valence-electron chi connectivity index (χ3n) is 1.44. The number of nitrogens with zero attached hydrogens (tertiary/aromatic N) is 1. The Labute approximate surface area is 49.5 Å². The van der Waals surface area contributed by atoms with Gasteiger partial charge in [-0.25, -0.2) is 0 Å². The van der Waals surface area contributed by atoms with Crippen LogP contribution in [0.25, 0.3) is 0 Å². The molecule has 0 aromatic carbocycles. The summed E-state index contributed by atoms with van der Waals surface area (Å²) in [4.78, 5) is 11.9. The summed E-state index contributed by atoms with van der Waals surface area (Å²) >= 11 is 0. The van der Waals surface area contributed by atoms with Crippen LogP contribution in [0.2, 0.25) is 0 Å². The number of hydrogen-bond acceptors (Lipinski definition) is 1. The molecule has 1 aliphatic rings. The molecule has 2 nitrogen and oxygen atoms in total. The molecule has 2 radical (unpaired) electrons. The molecular formula is C6H9NO. The Bertz CT molecular complexity index is 107. The van der Waals surface area contributed by atoms with Gasteiger partial charge in [0.05, 0.1) is 6.92 Å². The summed E-state index contributed by atoms with van der Waals surface area (Å²) in [5.41, 5.74) is 0. The van der Waals surface area contributed by atoms with E-state index in [4.69, 9.17) is 6.92 Å². The van der Waals surface area contributed by atoms with Gasteiger partial charge in [0.1, 0.15) is 0 Å². The Hall–Kier alpha value is -0.530. The van der Waals surface area contributed by atoms with Gasteiger partial charge in [-0.15, -0.1) is 0 Å². The van der Waals surface area contributed by atoms with Crippen LogP contribution < -0.4 is 0 Å². The van der Waals surface area contributed by atoms with Gasteiger partial charge >= 0.3 is 0 Å². The lowest BCUT2D eigenvalue weighted by Crippen LogP contribution is -2.25. The Balaban J connectivity index is 2.32. The minimum atomic E-state index is -0.312.